The van der Waals surface area contributed by atoms with Crippen LogP contribution >= 0.6 is 7.52 Å². The van der Waals surface area contributed by atoms with E-state index >= 15 is 0 Å². The van der Waals surface area contributed by atoms with Gasteiger partial charge in [0.15, 0.2) is 0 Å². The van der Waals surface area contributed by atoms with E-state index in [9.17, 15) is 4.57 Å². The van der Waals surface area contributed by atoms with Gasteiger partial charge in [0.1, 0.15) is 0 Å². The van der Waals surface area contributed by atoms with Crippen molar-refractivity contribution in [2.24, 2.45) is 0 Å². The zero-order valence-electron chi connectivity index (χ0n) is 12.6. The van der Waals surface area contributed by atoms with Crippen molar-refractivity contribution in [3.05, 3.63) is 11.6 Å². The third kappa shape index (κ3) is 2.98. The molecule has 0 radical (unpaired) electrons. The molecular weight excluding hydrogens is 249 g/mol. The van der Waals surface area contributed by atoms with Crippen molar-refractivity contribution >= 4 is 7.52 Å². The average molecular weight is 275 g/mol. The Morgan fingerprint density at radius 1 is 1.50 bits per heavy atom. The molecule has 0 aromatic carbocycles. The van der Waals surface area contributed by atoms with Crippen molar-refractivity contribution in [1.82, 2.24) is 4.67 Å². The van der Waals surface area contributed by atoms with Gasteiger partial charge in [0, 0.05) is 12.1 Å². The number of hydrogen-bond acceptors (Lipinski definition) is 3. The molecule has 0 amide bonds. The van der Waals surface area contributed by atoms with Crippen LogP contribution in [0.1, 0.15) is 48.0 Å². The summed E-state index contributed by atoms with van der Waals surface area (Å²) in [6, 6.07) is 0. The Morgan fingerprint density at radius 2 is 2.06 bits per heavy atom. The van der Waals surface area contributed by atoms with E-state index in [1.165, 1.54) is 0 Å². The summed E-state index contributed by atoms with van der Waals surface area (Å²) < 4.78 is 26.2. The molecule has 1 heterocycles. The van der Waals surface area contributed by atoms with E-state index in [0.717, 1.165) is 5.31 Å². The van der Waals surface area contributed by atoms with Gasteiger partial charge >= 0.3 is 7.52 Å². The largest absolute Gasteiger partial charge is 0.504 e. The van der Waals surface area contributed by atoms with Crippen LogP contribution in [0, 0.1) is 0 Å². The summed E-state index contributed by atoms with van der Waals surface area (Å²) in [5.41, 5.74) is -0.601. The first-order valence-corrected chi connectivity index (χ1v) is 7.96. The van der Waals surface area contributed by atoms with Crippen LogP contribution in [0.25, 0.3) is 0 Å². The predicted molar refractivity (Wildman–Crippen MR) is 74.6 cm³/mol. The van der Waals surface area contributed by atoms with Crippen molar-refractivity contribution < 1.29 is 13.8 Å². The highest BCUT2D eigenvalue weighted by Crippen LogP contribution is 2.68. The van der Waals surface area contributed by atoms with Crippen molar-refractivity contribution in [3.63, 3.8) is 0 Å². The van der Waals surface area contributed by atoms with Gasteiger partial charge in [-0.1, -0.05) is 6.92 Å². The minimum Gasteiger partial charge on any atom is -0.504 e. The lowest BCUT2D eigenvalue weighted by atomic mass is 10.1. The molecule has 1 rings (SSSR count). The van der Waals surface area contributed by atoms with Gasteiger partial charge in [-0.05, 0) is 41.0 Å². The number of rotatable bonds is 3. The van der Waals surface area contributed by atoms with Crippen molar-refractivity contribution in [2.75, 3.05) is 13.7 Å². The lowest BCUT2D eigenvalue weighted by Gasteiger charge is -2.35. The van der Waals surface area contributed by atoms with Crippen LogP contribution in [0.2, 0.25) is 0 Å². The molecule has 4 nitrogen and oxygen atoms in total. The Balaban J connectivity index is 3.25. The number of methoxy groups -OCH3 is 1. The standard InChI is InChI=1S/C13H26NO3P/c1-8-11(9-16-7)18(15)14(12(2,3)4)10-13(5,6)17-18/h9H,8,10H2,1-7H3/b11-9-. The monoisotopic (exact) mass is 275 g/mol. The maximum atomic E-state index is 13.3. The predicted octanol–water partition coefficient (Wildman–Crippen LogP) is 3.99. The fourth-order valence-electron chi connectivity index (χ4n) is 2.20. The first-order chi connectivity index (χ1) is 8.07. The van der Waals surface area contributed by atoms with E-state index in [1.807, 2.05) is 25.4 Å². The van der Waals surface area contributed by atoms with Crippen LogP contribution < -0.4 is 0 Å². The maximum Gasteiger partial charge on any atom is 0.302 e. The molecule has 1 atom stereocenters. The third-order valence-electron chi connectivity index (χ3n) is 2.97. The van der Waals surface area contributed by atoms with E-state index < -0.39 is 13.1 Å². The van der Waals surface area contributed by atoms with Crippen molar-refractivity contribution in [3.8, 4) is 0 Å². The molecule has 1 saturated heterocycles. The second kappa shape index (κ2) is 4.99. The maximum absolute atomic E-state index is 13.3. The van der Waals surface area contributed by atoms with E-state index in [0.29, 0.717) is 13.0 Å². The second-order valence-corrected chi connectivity index (χ2v) is 8.58. The molecule has 0 aromatic heterocycles. The van der Waals surface area contributed by atoms with Gasteiger partial charge in [0.05, 0.1) is 24.3 Å². The van der Waals surface area contributed by atoms with Crippen LogP contribution in [-0.2, 0) is 13.8 Å². The third-order valence-corrected chi connectivity index (χ3v) is 6.24. The van der Waals surface area contributed by atoms with Crippen LogP contribution in [0.3, 0.4) is 0 Å². The molecule has 0 aromatic rings. The molecule has 0 saturated carbocycles. The van der Waals surface area contributed by atoms with Gasteiger partial charge in [-0.2, -0.15) is 0 Å². The molecule has 0 bridgehead atoms. The minimum atomic E-state index is -2.98. The average Bonchev–Trinajstić information content (AvgIpc) is 2.45. The van der Waals surface area contributed by atoms with Gasteiger partial charge in [-0.15, -0.1) is 0 Å². The minimum absolute atomic E-state index is 0.203. The molecule has 5 heteroatoms. The van der Waals surface area contributed by atoms with E-state index in [4.69, 9.17) is 9.26 Å². The van der Waals surface area contributed by atoms with Crippen LogP contribution in [0.15, 0.2) is 11.6 Å². The van der Waals surface area contributed by atoms with E-state index in [-0.39, 0.29) is 5.54 Å². The molecular formula is C13H26NO3P. The second-order valence-electron chi connectivity index (χ2n) is 6.30. The Hall–Kier alpha value is -0.310. The highest BCUT2D eigenvalue weighted by Gasteiger charge is 2.53. The quantitative estimate of drug-likeness (QED) is 0.576. The number of ether oxygens (including phenoxy) is 1. The molecule has 1 aliphatic heterocycles. The van der Waals surface area contributed by atoms with Gasteiger partial charge in [0.25, 0.3) is 0 Å². The molecule has 0 spiro atoms. The summed E-state index contributed by atoms with van der Waals surface area (Å²) in [6.07, 6.45) is 2.23. The van der Waals surface area contributed by atoms with Crippen LogP contribution in [0.5, 0.6) is 0 Å². The first-order valence-electron chi connectivity index (χ1n) is 6.38. The molecule has 18 heavy (non-hydrogen) atoms. The fraction of sp³-hybridized carbons (Fsp3) is 0.846. The lowest BCUT2D eigenvalue weighted by molar-refractivity contribution is 0.138. The summed E-state index contributed by atoms with van der Waals surface area (Å²) in [4.78, 5) is 0. The summed E-state index contributed by atoms with van der Waals surface area (Å²) in [7, 11) is -1.41. The normalized spacial score (nSPS) is 29.6. The fourth-order valence-corrected chi connectivity index (χ4v) is 5.41. The molecule has 1 aliphatic rings. The first kappa shape index (κ1) is 15.7. The SMILES string of the molecule is CC/C(=C/OC)P1(=O)OC(C)(C)CN1C(C)(C)C. The Bertz CT molecular complexity index is 382. The number of hydrogen-bond donors (Lipinski definition) is 0. The van der Waals surface area contributed by atoms with Gasteiger partial charge in [0.2, 0.25) is 0 Å². The number of nitrogens with zero attached hydrogens (tertiary/aromatic N) is 1. The molecule has 1 unspecified atom stereocenters. The van der Waals surface area contributed by atoms with Gasteiger partial charge < -0.3 is 9.26 Å². The summed E-state index contributed by atoms with van der Waals surface area (Å²) >= 11 is 0. The summed E-state index contributed by atoms with van der Waals surface area (Å²) in [5.74, 6) is 0. The molecule has 0 N–H and O–H groups in total. The zero-order valence-corrected chi connectivity index (χ0v) is 13.5. The Labute approximate surface area is 111 Å². The van der Waals surface area contributed by atoms with Gasteiger partial charge in [-0.25, -0.2) is 4.67 Å². The topological polar surface area (TPSA) is 38.8 Å². The van der Waals surface area contributed by atoms with Crippen LogP contribution in [-0.4, -0.2) is 29.5 Å². The van der Waals surface area contributed by atoms with Gasteiger partial charge in [-0.3, -0.25) is 4.57 Å². The smallest absolute Gasteiger partial charge is 0.302 e. The summed E-state index contributed by atoms with van der Waals surface area (Å²) in [5, 5.41) is 0.741. The molecule has 106 valence electrons. The molecule has 1 fully saturated rings. The zero-order chi connectivity index (χ0) is 14.2. The Kier molecular flexibility index (Phi) is 4.37. The van der Waals surface area contributed by atoms with Crippen molar-refractivity contribution in [2.45, 2.75) is 59.1 Å². The highest BCUT2D eigenvalue weighted by molar-refractivity contribution is 7.61. The van der Waals surface area contributed by atoms with E-state index in [2.05, 4.69) is 20.8 Å². The van der Waals surface area contributed by atoms with Crippen molar-refractivity contribution in [1.29, 1.82) is 0 Å². The van der Waals surface area contributed by atoms with Crippen LogP contribution in [0.4, 0.5) is 0 Å². The summed E-state index contributed by atoms with van der Waals surface area (Å²) in [6.45, 7) is 12.8. The number of allylic oxidation sites excluding steroid dienone is 1. The highest BCUT2D eigenvalue weighted by atomic mass is 31.2. The van der Waals surface area contributed by atoms with E-state index in [1.54, 1.807) is 13.4 Å². The Morgan fingerprint density at radius 3 is 2.44 bits per heavy atom. The molecule has 0 aliphatic carbocycles. The lowest BCUT2D eigenvalue weighted by Crippen LogP contribution is -2.39.